The maximum Gasteiger partial charge on any atom is 0.488 e. The largest absolute Gasteiger partial charge is 0.566 e. The van der Waals surface area contributed by atoms with Crippen molar-refractivity contribution in [3.05, 3.63) is 148 Å². The molecular formula is C36H33N4O9P. The Hall–Kier alpha value is -5.30. The third kappa shape index (κ3) is 7.47. The van der Waals surface area contributed by atoms with Gasteiger partial charge in [-0.25, -0.2) is 4.79 Å². The summed E-state index contributed by atoms with van der Waals surface area (Å²) in [5.74, 6) is 0.790. The Morgan fingerprint density at radius 3 is 2.10 bits per heavy atom. The number of hydrogen-bond donors (Lipinski definition) is 1. The van der Waals surface area contributed by atoms with Crippen LogP contribution in [0.2, 0.25) is 0 Å². The molecule has 1 fully saturated rings. The van der Waals surface area contributed by atoms with Crippen molar-refractivity contribution in [2.24, 2.45) is 0 Å². The fraction of sp³-hybridized carbons (Fsp3) is 0.222. The van der Waals surface area contributed by atoms with Crippen molar-refractivity contribution in [2.45, 2.75) is 30.5 Å². The number of rotatable bonds is 13. The summed E-state index contributed by atoms with van der Waals surface area (Å²) in [6, 6.07) is 30.8. The van der Waals surface area contributed by atoms with E-state index in [1.54, 1.807) is 26.4 Å². The van der Waals surface area contributed by atoms with E-state index >= 15 is 0 Å². The zero-order chi connectivity index (χ0) is 35.1. The van der Waals surface area contributed by atoms with Crippen LogP contribution in [0.3, 0.4) is 0 Å². The fourth-order valence-corrected chi connectivity index (χ4v) is 6.35. The molecule has 1 N–H and O–H groups in total. The summed E-state index contributed by atoms with van der Waals surface area (Å²) < 4.78 is 42.4. The SMILES string of the molecule is COc1ccc(C(OC[C@H]2O[C@@H](n3ccc(NC(=O)c4ccccn4)nc3=O)C[C@@H]2O[P+](=O)[O-])(c2ccccc2)c2ccc(OC)cc2)cc1. The lowest BCUT2D eigenvalue weighted by atomic mass is 9.80. The molecule has 6 rings (SSSR count). The Balaban J connectivity index is 1.31. The molecule has 1 aliphatic heterocycles. The third-order valence-electron chi connectivity index (χ3n) is 8.32. The predicted molar refractivity (Wildman–Crippen MR) is 180 cm³/mol. The monoisotopic (exact) mass is 696 g/mol. The standard InChI is InChI=1S/C36H33N4O9P/c1-45-27-15-11-25(12-16-27)36(24-8-4-3-5-9-24,26-13-17-28(46-2)18-14-26)47-23-31-30(49-50(43)44)22-33(48-31)40-21-19-32(39-35(40)42)38-34(41)29-10-6-7-20-37-29/h3-21,30-31,33H,22-23H2,1-2H3,(H,38,39,41,42)/t30-,31+,33+/m0/s1. The van der Waals surface area contributed by atoms with Gasteiger partial charge < -0.3 is 29.2 Å². The van der Waals surface area contributed by atoms with Gasteiger partial charge in [0.2, 0.25) is 0 Å². The van der Waals surface area contributed by atoms with Gasteiger partial charge >= 0.3 is 13.9 Å². The lowest BCUT2D eigenvalue weighted by Gasteiger charge is -2.37. The van der Waals surface area contributed by atoms with Gasteiger partial charge in [0.1, 0.15) is 47.0 Å². The molecule has 1 saturated heterocycles. The number of benzene rings is 3. The van der Waals surface area contributed by atoms with Gasteiger partial charge in [0.25, 0.3) is 5.91 Å². The van der Waals surface area contributed by atoms with Crippen LogP contribution in [0.15, 0.2) is 120 Å². The van der Waals surface area contributed by atoms with Gasteiger partial charge in [-0.3, -0.25) is 14.3 Å². The molecule has 0 bridgehead atoms. The minimum atomic E-state index is -3.27. The molecule has 1 aliphatic rings. The van der Waals surface area contributed by atoms with E-state index in [0.717, 1.165) is 16.7 Å². The topological polar surface area (TPSA) is 163 Å². The molecule has 13 nitrogen and oxygen atoms in total. The molecule has 3 aromatic carbocycles. The van der Waals surface area contributed by atoms with Gasteiger partial charge in [-0.2, -0.15) is 4.98 Å². The zero-order valence-corrected chi connectivity index (χ0v) is 28.0. The van der Waals surface area contributed by atoms with Crippen LogP contribution in [-0.4, -0.2) is 53.5 Å². The molecular weight excluding hydrogens is 663 g/mol. The predicted octanol–water partition coefficient (Wildman–Crippen LogP) is 4.61. The first-order valence-electron chi connectivity index (χ1n) is 15.6. The van der Waals surface area contributed by atoms with E-state index in [0.29, 0.717) is 11.5 Å². The van der Waals surface area contributed by atoms with E-state index in [1.165, 1.54) is 29.1 Å². The molecule has 0 aliphatic carbocycles. The molecule has 1 amide bonds. The second kappa shape index (κ2) is 15.5. The first-order valence-corrected chi connectivity index (χ1v) is 16.7. The summed E-state index contributed by atoms with van der Waals surface area (Å²) in [5, 5.41) is 2.55. The first-order chi connectivity index (χ1) is 24.3. The molecule has 0 spiro atoms. The van der Waals surface area contributed by atoms with E-state index in [9.17, 15) is 19.0 Å². The van der Waals surface area contributed by atoms with Crippen molar-refractivity contribution in [2.75, 3.05) is 26.1 Å². The highest BCUT2D eigenvalue weighted by atomic mass is 31.1. The Morgan fingerprint density at radius 2 is 1.54 bits per heavy atom. The number of pyridine rings is 1. The number of ether oxygens (including phenoxy) is 4. The molecule has 1 unspecified atom stereocenters. The quantitative estimate of drug-likeness (QED) is 0.135. The summed E-state index contributed by atoms with van der Waals surface area (Å²) in [7, 11) is -0.104. The van der Waals surface area contributed by atoms with E-state index in [4.69, 9.17) is 23.5 Å². The van der Waals surface area contributed by atoms with Crippen LogP contribution in [0, 0.1) is 0 Å². The van der Waals surface area contributed by atoms with Crippen LogP contribution >= 0.6 is 8.25 Å². The van der Waals surface area contributed by atoms with Gasteiger partial charge in [0.15, 0.2) is 0 Å². The summed E-state index contributed by atoms with van der Waals surface area (Å²) in [6.07, 6.45) is 0.0253. The van der Waals surface area contributed by atoms with Crippen LogP contribution < -0.4 is 25.4 Å². The van der Waals surface area contributed by atoms with Crippen LogP contribution in [0.1, 0.15) is 39.8 Å². The molecule has 3 heterocycles. The van der Waals surface area contributed by atoms with Gasteiger partial charge in [0.05, 0.1) is 20.8 Å². The Morgan fingerprint density at radius 1 is 0.920 bits per heavy atom. The number of nitrogens with one attached hydrogen (secondary N) is 1. The molecule has 0 saturated carbocycles. The van der Waals surface area contributed by atoms with Crippen molar-refractivity contribution in [3.63, 3.8) is 0 Å². The molecule has 0 radical (unpaired) electrons. The van der Waals surface area contributed by atoms with Crippen LogP contribution in [0.4, 0.5) is 5.82 Å². The van der Waals surface area contributed by atoms with E-state index in [2.05, 4.69) is 15.3 Å². The second-order valence-corrected chi connectivity index (χ2v) is 11.9. The summed E-state index contributed by atoms with van der Waals surface area (Å²) in [5.41, 5.74) is 0.539. The summed E-state index contributed by atoms with van der Waals surface area (Å²) >= 11 is 0. The van der Waals surface area contributed by atoms with Crippen molar-refractivity contribution in [1.29, 1.82) is 0 Å². The fourth-order valence-electron chi connectivity index (χ4n) is 5.90. The minimum absolute atomic E-state index is 0.00196. The molecule has 14 heteroatoms. The molecule has 256 valence electrons. The zero-order valence-electron chi connectivity index (χ0n) is 27.1. The molecule has 50 heavy (non-hydrogen) atoms. The highest BCUT2D eigenvalue weighted by Crippen LogP contribution is 2.43. The van der Waals surface area contributed by atoms with E-state index in [-0.39, 0.29) is 24.5 Å². The van der Waals surface area contributed by atoms with Gasteiger partial charge in [0, 0.05) is 18.8 Å². The Bertz CT molecular complexity index is 1930. The second-order valence-electron chi connectivity index (χ2n) is 11.2. The minimum Gasteiger partial charge on any atom is -0.566 e. The highest BCUT2D eigenvalue weighted by molar-refractivity contribution is 7.30. The van der Waals surface area contributed by atoms with Crippen LogP contribution in [0.5, 0.6) is 11.5 Å². The normalized spacial score (nSPS) is 17.6. The van der Waals surface area contributed by atoms with Crippen molar-refractivity contribution < 1.29 is 37.7 Å². The number of amides is 1. The van der Waals surface area contributed by atoms with Gasteiger partial charge in [-0.15, -0.1) is 4.52 Å². The average molecular weight is 697 g/mol. The first kappa shape index (κ1) is 34.6. The number of methoxy groups -OCH3 is 2. The molecule has 2 aromatic heterocycles. The van der Waals surface area contributed by atoms with E-state index < -0.39 is 43.9 Å². The smallest absolute Gasteiger partial charge is 0.488 e. The highest BCUT2D eigenvalue weighted by Gasteiger charge is 2.45. The maximum absolute atomic E-state index is 13.2. The van der Waals surface area contributed by atoms with Crippen molar-refractivity contribution in [1.82, 2.24) is 14.5 Å². The lowest BCUT2D eigenvalue weighted by Crippen LogP contribution is -2.38. The summed E-state index contributed by atoms with van der Waals surface area (Å²) in [4.78, 5) is 45.5. The van der Waals surface area contributed by atoms with Gasteiger partial charge in [-0.1, -0.05) is 60.7 Å². The van der Waals surface area contributed by atoms with E-state index in [1.807, 2.05) is 78.9 Å². The van der Waals surface area contributed by atoms with Crippen molar-refractivity contribution >= 4 is 20.0 Å². The third-order valence-corrected chi connectivity index (χ3v) is 8.76. The molecule has 5 aromatic rings. The maximum atomic E-state index is 13.2. The Kier molecular flexibility index (Phi) is 10.7. The number of hydrogen-bond acceptors (Lipinski definition) is 11. The van der Waals surface area contributed by atoms with Crippen LogP contribution in [0.25, 0.3) is 0 Å². The summed E-state index contributed by atoms with van der Waals surface area (Å²) in [6.45, 7) is -0.141. The molecule has 4 atom stereocenters. The number of nitrogens with zero attached hydrogens (tertiary/aromatic N) is 3. The van der Waals surface area contributed by atoms with Gasteiger partial charge in [-0.05, 0) is 63.7 Å². The van der Waals surface area contributed by atoms with Crippen molar-refractivity contribution in [3.8, 4) is 11.5 Å². The number of anilines is 1. The Labute approximate surface area is 288 Å². The number of carbonyl (C=O) groups is 1. The number of aromatic nitrogens is 3. The average Bonchev–Trinajstić information content (AvgIpc) is 3.54. The lowest BCUT2D eigenvalue weighted by molar-refractivity contribution is -0.192. The number of carbonyl (C=O) groups excluding carboxylic acids is 1. The van der Waals surface area contributed by atoms with Crippen LogP contribution in [-0.2, 0) is 24.2 Å².